The maximum atomic E-state index is 11.8. The van der Waals surface area contributed by atoms with Gasteiger partial charge >= 0.3 is 6.09 Å². The molecule has 2 N–H and O–H groups in total. The number of hydrogen-bond acceptors (Lipinski definition) is 9. The summed E-state index contributed by atoms with van der Waals surface area (Å²) < 4.78 is 10.1. The minimum absolute atomic E-state index is 0.0433. The van der Waals surface area contributed by atoms with E-state index in [1.807, 2.05) is 5.32 Å². The van der Waals surface area contributed by atoms with E-state index in [1.54, 1.807) is 6.92 Å². The molecule has 2 amide bonds. The first-order valence-electron chi connectivity index (χ1n) is 8.38. The zero-order valence-corrected chi connectivity index (χ0v) is 17.2. The number of carbonyl (C=O) groups is 2. The zero-order valence-electron chi connectivity index (χ0n) is 15.7. The van der Waals surface area contributed by atoms with E-state index in [0.29, 0.717) is 0 Å². The molecule has 0 spiro atoms. The van der Waals surface area contributed by atoms with E-state index < -0.39 is 22.6 Å². The number of ether oxygens (including phenoxy) is 2. The van der Waals surface area contributed by atoms with Gasteiger partial charge in [-0.3, -0.25) is 25.7 Å². The summed E-state index contributed by atoms with van der Waals surface area (Å²) in [6, 6.07) is 9.52. The predicted octanol–water partition coefficient (Wildman–Crippen LogP) is 4.26. The number of rotatable bonds is 7. The van der Waals surface area contributed by atoms with Crippen LogP contribution in [0.4, 0.5) is 16.2 Å². The Labute approximate surface area is 185 Å². The minimum Gasteiger partial charge on any atom is -0.454 e. The van der Waals surface area contributed by atoms with Crippen molar-refractivity contribution in [1.82, 2.24) is 5.32 Å². The molecule has 0 atom stereocenters. The van der Waals surface area contributed by atoms with Gasteiger partial charge in [-0.25, -0.2) is 4.79 Å². The molecule has 0 bridgehead atoms. The van der Waals surface area contributed by atoms with Crippen molar-refractivity contribution in [3.63, 3.8) is 0 Å². The largest absolute Gasteiger partial charge is 0.454 e. The van der Waals surface area contributed by atoms with E-state index in [0.717, 1.165) is 0 Å². The standard InChI is InChI=1S/C18H13Cl2N5O6/c1-2-30-18(27)22-17(26)15(9-21)24-23-10-7-13(19)16(14(20)8-10)31-12-5-3-11(4-6-12)25(28)29/h3-8,23H,2H2,1H3,(H,22,26,27). The number of halogens is 2. The summed E-state index contributed by atoms with van der Waals surface area (Å²) in [5, 5.41) is 25.3. The predicted molar refractivity (Wildman–Crippen MR) is 111 cm³/mol. The van der Waals surface area contributed by atoms with Crippen LogP contribution >= 0.6 is 23.2 Å². The van der Waals surface area contributed by atoms with Gasteiger partial charge < -0.3 is 9.47 Å². The second-order valence-electron chi connectivity index (χ2n) is 5.48. The highest BCUT2D eigenvalue weighted by Gasteiger charge is 2.16. The van der Waals surface area contributed by atoms with E-state index >= 15 is 0 Å². The number of benzene rings is 2. The van der Waals surface area contributed by atoms with Gasteiger partial charge in [0.05, 0.1) is 27.3 Å². The summed E-state index contributed by atoms with van der Waals surface area (Å²) >= 11 is 12.3. The molecule has 0 saturated carbocycles. The zero-order chi connectivity index (χ0) is 23.0. The molecule has 0 aliphatic rings. The van der Waals surface area contributed by atoms with Crippen LogP contribution in [0.2, 0.25) is 10.0 Å². The van der Waals surface area contributed by atoms with Gasteiger partial charge in [0.1, 0.15) is 11.8 Å². The third-order valence-electron chi connectivity index (χ3n) is 3.37. The fraction of sp³-hybridized carbons (Fsp3) is 0.111. The van der Waals surface area contributed by atoms with Gasteiger partial charge in [-0.2, -0.15) is 10.4 Å². The van der Waals surface area contributed by atoms with Gasteiger partial charge in [0.25, 0.3) is 11.6 Å². The lowest BCUT2D eigenvalue weighted by Crippen LogP contribution is -2.36. The van der Waals surface area contributed by atoms with E-state index in [-0.39, 0.29) is 39.5 Å². The number of nitro benzene ring substituents is 1. The van der Waals surface area contributed by atoms with Crippen LogP contribution in [0, 0.1) is 21.4 Å². The maximum Gasteiger partial charge on any atom is 0.414 e. The number of nitrogens with zero attached hydrogens (tertiary/aromatic N) is 3. The summed E-state index contributed by atoms with van der Waals surface area (Å²) in [6.07, 6.45) is -1.02. The number of alkyl carbamates (subject to hydrolysis) is 1. The van der Waals surface area contributed by atoms with Gasteiger partial charge in [0.15, 0.2) is 5.75 Å². The summed E-state index contributed by atoms with van der Waals surface area (Å²) in [7, 11) is 0. The topological polar surface area (TPSA) is 156 Å². The van der Waals surface area contributed by atoms with E-state index in [1.165, 1.54) is 42.5 Å². The highest BCUT2D eigenvalue weighted by Crippen LogP contribution is 2.39. The van der Waals surface area contributed by atoms with Crippen molar-refractivity contribution >= 4 is 52.3 Å². The second-order valence-corrected chi connectivity index (χ2v) is 6.30. The van der Waals surface area contributed by atoms with Gasteiger partial charge in [0, 0.05) is 12.1 Å². The van der Waals surface area contributed by atoms with Crippen molar-refractivity contribution < 1.29 is 24.0 Å². The summed E-state index contributed by atoms with van der Waals surface area (Å²) in [5.74, 6) is -0.730. The molecule has 0 unspecified atom stereocenters. The number of hydrogen-bond donors (Lipinski definition) is 2. The number of amides is 2. The lowest BCUT2D eigenvalue weighted by atomic mass is 10.3. The Bertz CT molecular complexity index is 1060. The molecule has 11 nitrogen and oxygen atoms in total. The van der Waals surface area contributed by atoms with Gasteiger partial charge in [-0.05, 0) is 31.2 Å². The molecule has 0 heterocycles. The fourth-order valence-electron chi connectivity index (χ4n) is 2.04. The number of anilines is 1. The Morgan fingerprint density at radius 2 is 1.84 bits per heavy atom. The highest BCUT2D eigenvalue weighted by atomic mass is 35.5. The van der Waals surface area contributed by atoms with Crippen molar-refractivity contribution in [2.24, 2.45) is 5.10 Å². The molecule has 2 aromatic carbocycles. The first kappa shape index (κ1) is 23.4. The van der Waals surface area contributed by atoms with Crippen LogP contribution < -0.4 is 15.5 Å². The quantitative estimate of drug-likeness (QED) is 0.348. The number of nitrogens with one attached hydrogen (secondary N) is 2. The Balaban J connectivity index is 2.14. The number of non-ortho nitro benzene ring substituents is 1. The third-order valence-corrected chi connectivity index (χ3v) is 3.94. The molecule has 13 heteroatoms. The van der Waals surface area contributed by atoms with Crippen LogP contribution in [0.1, 0.15) is 6.92 Å². The van der Waals surface area contributed by atoms with Crippen LogP contribution in [0.25, 0.3) is 0 Å². The van der Waals surface area contributed by atoms with Crippen LogP contribution in [0.15, 0.2) is 41.5 Å². The van der Waals surface area contributed by atoms with E-state index in [4.69, 9.17) is 33.2 Å². The van der Waals surface area contributed by atoms with Crippen molar-refractivity contribution in [2.45, 2.75) is 6.92 Å². The minimum atomic E-state index is -1.07. The molecular weight excluding hydrogens is 453 g/mol. The maximum absolute atomic E-state index is 11.8. The molecule has 31 heavy (non-hydrogen) atoms. The molecule has 0 saturated heterocycles. The molecular formula is C18H13Cl2N5O6. The highest BCUT2D eigenvalue weighted by molar-refractivity contribution is 6.47. The number of imide groups is 1. The van der Waals surface area contributed by atoms with Crippen molar-refractivity contribution in [3.05, 3.63) is 56.6 Å². The first-order chi connectivity index (χ1) is 14.7. The van der Waals surface area contributed by atoms with E-state index in [2.05, 4.69) is 15.3 Å². The molecule has 0 aromatic heterocycles. The van der Waals surface area contributed by atoms with Gasteiger partial charge in [-0.1, -0.05) is 23.2 Å². The van der Waals surface area contributed by atoms with Crippen LogP contribution in [-0.2, 0) is 9.53 Å². The van der Waals surface area contributed by atoms with Crippen LogP contribution in [0.3, 0.4) is 0 Å². The van der Waals surface area contributed by atoms with Crippen molar-refractivity contribution in [1.29, 1.82) is 5.26 Å². The van der Waals surface area contributed by atoms with Gasteiger partial charge in [0.2, 0.25) is 5.71 Å². The van der Waals surface area contributed by atoms with Crippen LogP contribution in [-0.4, -0.2) is 29.2 Å². The van der Waals surface area contributed by atoms with Crippen molar-refractivity contribution in [2.75, 3.05) is 12.0 Å². The average Bonchev–Trinajstić information content (AvgIpc) is 2.71. The number of hydrazone groups is 1. The Morgan fingerprint density at radius 3 is 2.35 bits per heavy atom. The summed E-state index contributed by atoms with van der Waals surface area (Å²) in [4.78, 5) is 33.2. The van der Waals surface area contributed by atoms with Gasteiger partial charge in [-0.15, -0.1) is 0 Å². The molecule has 0 fully saturated rings. The van der Waals surface area contributed by atoms with Crippen molar-refractivity contribution in [3.8, 4) is 17.6 Å². The molecule has 0 aliphatic heterocycles. The third kappa shape index (κ3) is 6.56. The lowest BCUT2D eigenvalue weighted by molar-refractivity contribution is -0.384. The molecule has 0 radical (unpaired) electrons. The fourth-order valence-corrected chi connectivity index (χ4v) is 2.61. The molecule has 2 rings (SSSR count). The SMILES string of the molecule is CCOC(=O)NC(=O)C(C#N)=NNc1cc(Cl)c(Oc2ccc([N+](=O)[O-])cc2)c(Cl)c1. The van der Waals surface area contributed by atoms with E-state index in [9.17, 15) is 19.7 Å². The summed E-state index contributed by atoms with van der Waals surface area (Å²) in [5.41, 5.74) is 1.88. The molecule has 0 aliphatic carbocycles. The normalized spacial score (nSPS) is 10.6. The first-order valence-corrected chi connectivity index (χ1v) is 9.14. The monoisotopic (exact) mass is 465 g/mol. The Morgan fingerprint density at radius 1 is 1.23 bits per heavy atom. The number of nitro groups is 1. The smallest absolute Gasteiger partial charge is 0.414 e. The number of carbonyl (C=O) groups excluding carboxylic acids is 2. The average molecular weight is 466 g/mol. The molecule has 160 valence electrons. The summed E-state index contributed by atoms with van der Waals surface area (Å²) in [6.45, 7) is 1.59. The molecule has 2 aromatic rings. The lowest BCUT2D eigenvalue weighted by Gasteiger charge is -2.11. The Hall–Kier alpha value is -3.88. The number of nitriles is 1. The second kappa shape index (κ2) is 10.8. The Kier molecular flexibility index (Phi) is 8.13. The van der Waals surface area contributed by atoms with Crippen LogP contribution in [0.5, 0.6) is 11.5 Å².